The first-order valence-corrected chi connectivity index (χ1v) is 17.5. The van der Waals surface area contributed by atoms with Crippen LogP contribution in [0.1, 0.15) is 50.8 Å². The van der Waals surface area contributed by atoms with Gasteiger partial charge in [0.05, 0.1) is 52.9 Å². The Morgan fingerprint density at radius 3 is 2.37 bits per heavy atom. The maximum atomic E-state index is 13.4. The molecule has 1 aromatic heterocycles. The summed E-state index contributed by atoms with van der Waals surface area (Å²) in [5.41, 5.74) is 0.672. The fourth-order valence-corrected chi connectivity index (χ4v) is 6.55. The van der Waals surface area contributed by atoms with Crippen LogP contribution in [0.3, 0.4) is 0 Å². The van der Waals surface area contributed by atoms with Gasteiger partial charge in [0.25, 0.3) is 11.8 Å². The summed E-state index contributed by atoms with van der Waals surface area (Å²) < 4.78 is 73.4. The van der Waals surface area contributed by atoms with E-state index in [1.54, 1.807) is 0 Å². The molecule has 1 aliphatic heterocycles. The number of halogens is 4. The van der Waals surface area contributed by atoms with Crippen LogP contribution >= 0.6 is 23.2 Å². The number of carbonyl (C=O) groups excluding carboxylic acids is 3. The van der Waals surface area contributed by atoms with Crippen molar-refractivity contribution in [1.82, 2.24) is 9.88 Å². The number of nitrogens with zero attached hydrogens (tertiary/aromatic N) is 3. The molecular formula is C32H31Cl2F2N3O9S. The summed E-state index contributed by atoms with van der Waals surface area (Å²) in [5, 5.41) is 0.336. The van der Waals surface area contributed by atoms with Crippen LogP contribution in [-0.4, -0.2) is 82.4 Å². The van der Waals surface area contributed by atoms with Gasteiger partial charge in [-0.3, -0.25) is 28.6 Å². The number of esters is 1. The smallest absolute Gasteiger partial charge is 0.387 e. The Labute approximate surface area is 290 Å². The second kappa shape index (κ2) is 15.2. The third-order valence-corrected chi connectivity index (χ3v) is 9.62. The summed E-state index contributed by atoms with van der Waals surface area (Å²) >= 11 is 12.7. The van der Waals surface area contributed by atoms with E-state index in [2.05, 4.69) is 9.72 Å². The Bertz CT molecular complexity index is 1840. The molecule has 0 bridgehead atoms. The summed E-state index contributed by atoms with van der Waals surface area (Å²) in [6.45, 7) is -3.62. The molecule has 1 aliphatic carbocycles. The molecule has 49 heavy (non-hydrogen) atoms. The molecule has 0 radical (unpaired) electrons. The first-order chi connectivity index (χ1) is 23.3. The van der Waals surface area contributed by atoms with E-state index in [0.717, 1.165) is 23.4 Å². The molecule has 2 heterocycles. The van der Waals surface area contributed by atoms with Crippen LogP contribution in [0.4, 0.5) is 14.5 Å². The average Bonchev–Trinajstić information content (AvgIpc) is 3.84. The van der Waals surface area contributed by atoms with Gasteiger partial charge in [-0.25, -0.2) is 8.42 Å². The first-order valence-electron chi connectivity index (χ1n) is 14.9. The number of amides is 2. The highest BCUT2D eigenvalue weighted by Gasteiger charge is 2.38. The maximum Gasteiger partial charge on any atom is 0.387 e. The lowest BCUT2D eigenvalue weighted by Crippen LogP contribution is -2.36. The zero-order valence-corrected chi connectivity index (χ0v) is 28.6. The minimum atomic E-state index is -3.77. The van der Waals surface area contributed by atoms with Crippen LogP contribution in [0.2, 0.25) is 10.0 Å². The number of alkyl halides is 2. The molecule has 0 saturated heterocycles. The predicted molar refractivity (Wildman–Crippen MR) is 174 cm³/mol. The number of hydrogen-bond acceptors (Lipinski definition) is 10. The van der Waals surface area contributed by atoms with E-state index in [1.807, 2.05) is 0 Å². The number of hydrogen-bond donors (Lipinski definition) is 0. The van der Waals surface area contributed by atoms with E-state index in [-0.39, 0.29) is 70.5 Å². The fourth-order valence-electron chi connectivity index (χ4n) is 5.13. The Morgan fingerprint density at radius 1 is 1.04 bits per heavy atom. The molecule has 1 fully saturated rings. The summed E-state index contributed by atoms with van der Waals surface area (Å²) in [4.78, 5) is 44.7. The van der Waals surface area contributed by atoms with Crippen molar-refractivity contribution < 1.29 is 50.5 Å². The maximum absolute atomic E-state index is 13.4. The number of imide groups is 1. The lowest BCUT2D eigenvalue weighted by molar-refractivity contribution is -0.149. The number of rotatable bonds is 16. The number of methoxy groups -OCH3 is 1. The molecule has 5 rings (SSSR count). The molecule has 1 atom stereocenters. The Balaban J connectivity index is 1.40. The number of ether oxygens (including phenoxy) is 4. The molecule has 12 nitrogen and oxygen atoms in total. The van der Waals surface area contributed by atoms with Gasteiger partial charge in [0.1, 0.15) is 12.6 Å². The van der Waals surface area contributed by atoms with Crippen LogP contribution < -0.4 is 13.8 Å². The van der Waals surface area contributed by atoms with Crippen LogP contribution in [0.5, 0.6) is 11.5 Å². The van der Waals surface area contributed by atoms with E-state index in [9.17, 15) is 31.6 Å². The van der Waals surface area contributed by atoms with Crippen LogP contribution in [0.25, 0.3) is 0 Å². The van der Waals surface area contributed by atoms with Crippen molar-refractivity contribution in [3.05, 3.63) is 81.1 Å². The quantitative estimate of drug-likeness (QED) is 0.140. The van der Waals surface area contributed by atoms with Crippen molar-refractivity contribution >= 4 is 56.7 Å². The molecule has 17 heteroatoms. The zero-order valence-electron chi connectivity index (χ0n) is 26.2. The van der Waals surface area contributed by atoms with Crippen LogP contribution in [-0.2, 0) is 30.7 Å². The summed E-state index contributed by atoms with van der Waals surface area (Å²) in [5.74, 6) is -2.55. The number of fused-ring (bicyclic) bond motifs is 1. The van der Waals surface area contributed by atoms with Crippen molar-refractivity contribution in [2.75, 3.05) is 44.0 Å². The zero-order chi connectivity index (χ0) is 35.5. The normalized spacial score (nSPS) is 15.0. The number of anilines is 1. The van der Waals surface area contributed by atoms with Gasteiger partial charge < -0.3 is 18.9 Å². The van der Waals surface area contributed by atoms with Gasteiger partial charge in [0, 0.05) is 25.9 Å². The third-order valence-electron chi connectivity index (χ3n) is 7.77. The largest absolute Gasteiger partial charge is 0.489 e. The van der Waals surface area contributed by atoms with E-state index >= 15 is 0 Å². The highest BCUT2D eigenvalue weighted by Crippen LogP contribution is 2.38. The number of benzene rings is 2. The van der Waals surface area contributed by atoms with Crippen LogP contribution in [0, 0.1) is 5.92 Å². The average molecular weight is 743 g/mol. The standard InChI is InChI=1S/C32H31Cl2F2N3O9S/c1-45-10-9-39(49(2,43)44)20-6-7-21-22(12-20)31(42)38(30(21)41)16-29(40)47-27(13-23-24(33)14-37-15-25(23)34)19-5-8-26(48-32(35)36)28(11-19)46-17-18-3-4-18/h5-8,11-12,14-15,18,27,32H,3-4,9-10,13,16-17H2,1-2H3/t27-/m0/s1. The van der Waals surface area contributed by atoms with Crippen molar-refractivity contribution in [3.8, 4) is 11.5 Å². The monoisotopic (exact) mass is 741 g/mol. The van der Waals surface area contributed by atoms with Gasteiger partial charge in [-0.2, -0.15) is 8.78 Å². The van der Waals surface area contributed by atoms with Crippen LogP contribution in [0.15, 0.2) is 48.8 Å². The van der Waals surface area contributed by atoms with E-state index in [4.69, 9.17) is 37.4 Å². The van der Waals surface area contributed by atoms with Crippen molar-refractivity contribution in [1.29, 1.82) is 0 Å². The minimum absolute atomic E-state index is 0.00228. The molecule has 0 unspecified atom stereocenters. The molecule has 3 aromatic rings. The second-order valence-corrected chi connectivity index (χ2v) is 14.1. The number of sulfonamides is 1. The topological polar surface area (TPSA) is 142 Å². The Kier molecular flexibility index (Phi) is 11.3. The van der Waals surface area contributed by atoms with Gasteiger partial charge >= 0.3 is 12.6 Å². The summed E-state index contributed by atoms with van der Waals surface area (Å²) in [6, 6.07) is 8.02. The van der Waals surface area contributed by atoms with Gasteiger partial charge in [-0.1, -0.05) is 29.3 Å². The molecule has 2 aromatic carbocycles. The SMILES string of the molecule is COCCN(c1ccc2c(c1)C(=O)N(CC(=O)O[C@@H](Cc1c(Cl)cncc1Cl)c1ccc(OC(F)F)c(OCC3CC3)c1)C2=O)S(C)(=O)=O. The summed E-state index contributed by atoms with van der Waals surface area (Å²) in [7, 11) is -2.36. The molecule has 1 saturated carbocycles. The fraction of sp³-hybridized carbons (Fsp3) is 0.375. The molecular weight excluding hydrogens is 711 g/mol. The summed E-state index contributed by atoms with van der Waals surface area (Å²) in [6.07, 6.45) is 4.31. The Hall–Kier alpha value is -4.05. The van der Waals surface area contributed by atoms with Crippen molar-refractivity contribution in [3.63, 3.8) is 0 Å². The Morgan fingerprint density at radius 2 is 1.73 bits per heavy atom. The van der Waals surface area contributed by atoms with E-state index < -0.39 is 47.1 Å². The molecule has 0 N–H and O–H groups in total. The van der Waals surface area contributed by atoms with Crippen molar-refractivity contribution in [2.24, 2.45) is 5.92 Å². The lowest BCUT2D eigenvalue weighted by Gasteiger charge is -2.23. The minimum Gasteiger partial charge on any atom is -0.489 e. The molecule has 2 amide bonds. The van der Waals surface area contributed by atoms with Crippen molar-refractivity contribution in [2.45, 2.75) is 32.0 Å². The molecule has 2 aliphatic rings. The van der Waals surface area contributed by atoms with Gasteiger partial charge in [-0.15, -0.1) is 0 Å². The third kappa shape index (κ3) is 8.76. The molecule has 262 valence electrons. The van der Waals surface area contributed by atoms with Gasteiger partial charge in [-0.05, 0) is 60.2 Å². The second-order valence-electron chi connectivity index (χ2n) is 11.4. The first kappa shape index (κ1) is 36.2. The highest BCUT2D eigenvalue weighted by molar-refractivity contribution is 7.92. The number of pyridine rings is 1. The van der Waals surface area contributed by atoms with E-state index in [0.29, 0.717) is 16.0 Å². The highest BCUT2D eigenvalue weighted by atomic mass is 35.5. The predicted octanol–water partition coefficient (Wildman–Crippen LogP) is 5.31. The lowest BCUT2D eigenvalue weighted by atomic mass is 10.0. The van der Waals surface area contributed by atoms with Gasteiger partial charge in [0.15, 0.2) is 11.5 Å². The number of aromatic nitrogens is 1. The van der Waals surface area contributed by atoms with E-state index in [1.165, 1.54) is 55.9 Å². The van der Waals surface area contributed by atoms with Gasteiger partial charge in [0.2, 0.25) is 10.0 Å². The number of carbonyl (C=O) groups is 3. The molecule has 0 spiro atoms.